The molecule has 0 saturated carbocycles. The molecule has 0 radical (unpaired) electrons. The summed E-state index contributed by atoms with van der Waals surface area (Å²) in [4.78, 5) is 13.1. The number of sulfonamides is 1. The van der Waals surface area contributed by atoms with E-state index in [1.165, 1.54) is 12.3 Å². The Balaban J connectivity index is 1.59. The van der Waals surface area contributed by atoms with Gasteiger partial charge in [0.05, 0.1) is 22.8 Å². The van der Waals surface area contributed by atoms with Gasteiger partial charge in [-0.25, -0.2) is 13.1 Å². The second-order valence-corrected chi connectivity index (χ2v) is 11.3. The number of furan rings is 1. The summed E-state index contributed by atoms with van der Waals surface area (Å²) >= 11 is 0. The Morgan fingerprint density at radius 3 is 2.34 bits per heavy atom. The van der Waals surface area contributed by atoms with Gasteiger partial charge in [-0.05, 0) is 74.4 Å². The van der Waals surface area contributed by atoms with Crippen LogP contribution in [0.25, 0.3) is 16.7 Å². The number of hydrogen-bond acceptors (Lipinski definition) is 5. The van der Waals surface area contributed by atoms with Crippen molar-refractivity contribution in [1.82, 2.24) is 4.72 Å². The summed E-state index contributed by atoms with van der Waals surface area (Å²) in [5.74, 6) is 0.108. The van der Waals surface area contributed by atoms with E-state index in [0.717, 1.165) is 0 Å². The van der Waals surface area contributed by atoms with Gasteiger partial charge in [0.2, 0.25) is 15.9 Å². The highest BCUT2D eigenvalue weighted by Crippen LogP contribution is 2.29. The number of nitrogens with one attached hydrogen (secondary N) is 2. The smallest absolute Gasteiger partial charge is 0.249 e. The molecule has 7 nitrogen and oxygen atoms in total. The minimum atomic E-state index is -3.75. The third-order valence-corrected chi connectivity index (χ3v) is 7.26. The van der Waals surface area contributed by atoms with Gasteiger partial charge in [0.25, 0.3) is 0 Å². The number of carbonyl (C=O) groups excluding carboxylic acids is 1. The highest BCUT2D eigenvalue weighted by atomic mass is 32.2. The lowest BCUT2D eigenvalue weighted by Crippen LogP contribution is -2.40. The fraction of sp³-hybridized carbons (Fsp3) is 0.133. The number of hydrogen-bond donors (Lipinski definition) is 2. The minimum absolute atomic E-state index is 0.178. The minimum Gasteiger partial charge on any atom is -0.464 e. The zero-order chi connectivity index (χ0) is 27.3. The van der Waals surface area contributed by atoms with E-state index in [1.807, 2.05) is 0 Å². The molecule has 1 amide bonds. The molecule has 38 heavy (non-hydrogen) atoms. The molecular weight excluding hydrogens is 498 g/mol. The van der Waals surface area contributed by atoms with Crippen LogP contribution in [0.15, 0.2) is 107 Å². The fourth-order valence-electron chi connectivity index (χ4n) is 3.92. The van der Waals surface area contributed by atoms with Crippen LogP contribution in [0.5, 0.6) is 0 Å². The summed E-state index contributed by atoms with van der Waals surface area (Å²) in [6.07, 6.45) is 2.94. The van der Waals surface area contributed by atoms with E-state index in [-0.39, 0.29) is 10.8 Å². The first-order valence-corrected chi connectivity index (χ1v) is 13.3. The van der Waals surface area contributed by atoms with Crippen molar-refractivity contribution in [1.29, 1.82) is 5.26 Å². The van der Waals surface area contributed by atoms with Crippen LogP contribution in [0, 0.1) is 11.3 Å². The predicted octanol–water partition coefficient (Wildman–Crippen LogP) is 5.97. The van der Waals surface area contributed by atoms with Gasteiger partial charge in [0, 0.05) is 28.4 Å². The number of nitrogens with zero attached hydrogens (tertiary/aromatic N) is 1. The van der Waals surface area contributed by atoms with Gasteiger partial charge in [0.1, 0.15) is 5.76 Å². The molecule has 1 heterocycles. The maximum atomic E-state index is 13.0. The van der Waals surface area contributed by atoms with Crippen molar-refractivity contribution in [3.8, 4) is 17.2 Å². The van der Waals surface area contributed by atoms with Crippen LogP contribution in [0.3, 0.4) is 0 Å². The Morgan fingerprint density at radius 1 is 0.947 bits per heavy atom. The van der Waals surface area contributed by atoms with Crippen molar-refractivity contribution < 1.29 is 17.6 Å². The molecule has 0 bridgehead atoms. The van der Waals surface area contributed by atoms with Crippen LogP contribution < -0.4 is 10.0 Å². The molecule has 4 rings (SSSR count). The Hall–Kier alpha value is -4.45. The third-order valence-electron chi connectivity index (χ3n) is 5.45. The monoisotopic (exact) mass is 525 g/mol. The molecule has 192 valence electrons. The maximum absolute atomic E-state index is 13.0. The summed E-state index contributed by atoms with van der Waals surface area (Å²) in [5, 5.41) is 12.1. The Bertz CT molecular complexity index is 1620. The number of nitriles is 1. The summed E-state index contributed by atoms with van der Waals surface area (Å²) in [6.45, 7) is 5.36. The topological polar surface area (TPSA) is 112 Å². The first-order chi connectivity index (χ1) is 18.1. The Kier molecular flexibility index (Phi) is 7.62. The van der Waals surface area contributed by atoms with Crippen molar-refractivity contribution in [2.45, 2.75) is 31.2 Å². The highest BCUT2D eigenvalue weighted by molar-refractivity contribution is 7.89. The van der Waals surface area contributed by atoms with Crippen molar-refractivity contribution in [2.75, 3.05) is 5.32 Å². The standard InChI is InChI=1S/C30H27N3O4S/c1-30(2,3)33-38(35,36)28-12-5-4-10-25(28)22-13-15-24(16-14-22)32-29(34)19-26(27-11-7-17-37-27)23-9-6-8-21(18-23)20-31/h4-19,33H,1-3H3,(H,32,34). The summed E-state index contributed by atoms with van der Waals surface area (Å²) in [6, 6.07) is 26.2. The molecular formula is C30H27N3O4S. The molecule has 0 fully saturated rings. The van der Waals surface area contributed by atoms with E-state index in [1.54, 1.807) is 106 Å². The molecule has 2 N–H and O–H groups in total. The molecule has 0 saturated heterocycles. The fourth-order valence-corrected chi connectivity index (χ4v) is 5.57. The molecule has 0 aliphatic carbocycles. The normalized spacial score (nSPS) is 12.1. The zero-order valence-electron chi connectivity index (χ0n) is 21.2. The van der Waals surface area contributed by atoms with Gasteiger partial charge < -0.3 is 9.73 Å². The Labute approximate surface area is 222 Å². The molecule has 0 aliphatic rings. The van der Waals surface area contributed by atoms with Gasteiger partial charge in [-0.2, -0.15) is 5.26 Å². The first kappa shape index (κ1) is 26.6. The number of benzene rings is 3. The van der Waals surface area contributed by atoms with E-state index in [2.05, 4.69) is 16.1 Å². The van der Waals surface area contributed by atoms with Crippen LogP contribution in [-0.4, -0.2) is 19.9 Å². The molecule has 0 atom stereocenters. The van der Waals surface area contributed by atoms with Crippen LogP contribution in [0.2, 0.25) is 0 Å². The van der Waals surface area contributed by atoms with Crippen LogP contribution in [0.4, 0.5) is 5.69 Å². The second kappa shape index (κ2) is 10.9. The van der Waals surface area contributed by atoms with Gasteiger partial charge in [-0.1, -0.05) is 42.5 Å². The molecule has 1 aromatic heterocycles. The SMILES string of the molecule is CC(C)(C)NS(=O)(=O)c1ccccc1-c1ccc(NC(=O)C=C(c2cccc(C#N)c2)c2ccco2)cc1. The maximum Gasteiger partial charge on any atom is 0.249 e. The lowest BCUT2D eigenvalue weighted by molar-refractivity contribution is -0.111. The van der Waals surface area contributed by atoms with Gasteiger partial charge in [-0.15, -0.1) is 0 Å². The van der Waals surface area contributed by atoms with Crippen LogP contribution in [-0.2, 0) is 14.8 Å². The summed E-state index contributed by atoms with van der Waals surface area (Å²) in [5.41, 5.74) is 2.83. The van der Waals surface area contributed by atoms with E-state index < -0.39 is 15.6 Å². The van der Waals surface area contributed by atoms with Crippen LogP contribution in [0.1, 0.15) is 37.7 Å². The number of amides is 1. The molecule has 0 unspecified atom stereocenters. The van der Waals surface area contributed by atoms with E-state index >= 15 is 0 Å². The molecule has 3 aromatic carbocycles. The lowest BCUT2D eigenvalue weighted by Gasteiger charge is -2.21. The van der Waals surface area contributed by atoms with Crippen molar-refractivity contribution in [3.63, 3.8) is 0 Å². The second-order valence-electron chi connectivity index (χ2n) is 9.65. The van der Waals surface area contributed by atoms with Crippen molar-refractivity contribution >= 4 is 27.2 Å². The Morgan fingerprint density at radius 2 is 1.68 bits per heavy atom. The average molecular weight is 526 g/mol. The molecule has 0 spiro atoms. The quantitative estimate of drug-likeness (QED) is 0.289. The van der Waals surface area contributed by atoms with E-state index in [4.69, 9.17) is 4.42 Å². The number of carbonyl (C=O) groups is 1. The lowest BCUT2D eigenvalue weighted by atomic mass is 10.0. The molecule has 0 aliphatic heterocycles. The predicted molar refractivity (Wildman–Crippen MR) is 148 cm³/mol. The van der Waals surface area contributed by atoms with Crippen molar-refractivity contribution in [2.24, 2.45) is 0 Å². The van der Waals surface area contributed by atoms with Gasteiger partial charge in [-0.3, -0.25) is 4.79 Å². The largest absolute Gasteiger partial charge is 0.464 e. The summed E-state index contributed by atoms with van der Waals surface area (Å²) < 4.78 is 34.2. The zero-order valence-corrected chi connectivity index (χ0v) is 22.0. The van der Waals surface area contributed by atoms with Gasteiger partial charge >= 0.3 is 0 Å². The highest BCUT2D eigenvalue weighted by Gasteiger charge is 2.24. The van der Waals surface area contributed by atoms with Crippen LogP contribution >= 0.6 is 0 Å². The van der Waals surface area contributed by atoms with Gasteiger partial charge in [0.15, 0.2) is 0 Å². The van der Waals surface area contributed by atoms with Crippen molar-refractivity contribution in [3.05, 3.63) is 114 Å². The molecule has 8 heteroatoms. The average Bonchev–Trinajstić information content (AvgIpc) is 3.41. The third kappa shape index (κ3) is 6.45. The van der Waals surface area contributed by atoms with E-state index in [0.29, 0.717) is 39.3 Å². The molecule has 4 aromatic rings. The summed E-state index contributed by atoms with van der Waals surface area (Å²) in [7, 11) is -3.75. The number of rotatable bonds is 7. The first-order valence-electron chi connectivity index (χ1n) is 11.9. The van der Waals surface area contributed by atoms with E-state index in [9.17, 15) is 18.5 Å². The number of anilines is 1.